The quantitative estimate of drug-likeness (QED) is 0.906. The largest absolute Gasteiger partial charge is 0.478 e. The number of rotatable bonds is 3. The molecule has 0 amide bonds. The Hall–Kier alpha value is -1.03. The summed E-state index contributed by atoms with van der Waals surface area (Å²) in [6.07, 6.45) is 4.77. The van der Waals surface area contributed by atoms with Gasteiger partial charge < -0.3 is 10.0 Å². The highest BCUT2D eigenvalue weighted by atomic mass is 79.9. The number of aromatic carboxylic acids is 1. The van der Waals surface area contributed by atoms with E-state index in [0.29, 0.717) is 10.0 Å². The van der Waals surface area contributed by atoms with E-state index < -0.39 is 5.97 Å². The number of hydrogen-bond donors (Lipinski definition) is 1. The van der Waals surface area contributed by atoms with Gasteiger partial charge in [0.05, 0.1) is 11.3 Å². The normalized spacial score (nSPS) is 20.1. The molecule has 19 heavy (non-hydrogen) atoms. The molecular formula is C15H20BrNO2. The molecule has 3 nitrogen and oxygen atoms in total. The molecule has 1 aliphatic rings. The van der Waals surface area contributed by atoms with Crippen LogP contribution < -0.4 is 4.90 Å². The third kappa shape index (κ3) is 3.30. The molecule has 1 N–H and O–H groups in total. The molecular weight excluding hydrogens is 306 g/mol. The molecule has 1 saturated heterocycles. The van der Waals surface area contributed by atoms with Crippen LogP contribution in [0.2, 0.25) is 0 Å². The Balaban J connectivity index is 2.26. The van der Waals surface area contributed by atoms with Crippen LogP contribution in [0.15, 0.2) is 22.7 Å². The molecule has 0 bridgehead atoms. The van der Waals surface area contributed by atoms with Crippen molar-refractivity contribution in [2.24, 2.45) is 5.92 Å². The molecule has 0 saturated carbocycles. The minimum absolute atomic E-state index is 0.387. The number of nitrogens with zero attached hydrogens (tertiary/aromatic N) is 1. The Labute approximate surface area is 122 Å². The summed E-state index contributed by atoms with van der Waals surface area (Å²) in [6, 6.07) is 5.62. The summed E-state index contributed by atoms with van der Waals surface area (Å²) in [6.45, 7) is 4.14. The van der Waals surface area contributed by atoms with Crippen molar-refractivity contribution in [3.05, 3.63) is 28.2 Å². The number of carboxylic acid groups (broad SMARTS) is 1. The number of halogens is 1. The first-order chi connectivity index (χ1) is 9.13. The summed E-state index contributed by atoms with van der Waals surface area (Å²) in [5, 5.41) is 9.39. The van der Waals surface area contributed by atoms with Gasteiger partial charge in [0.1, 0.15) is 0 Å². The second-order valence-electron chi connectivity index (χ2n) is 5.13. The van der Waals surface area contributed by atoms with Gasteiger partial charge in [-0.2, -0.15) is 0 Å². The van der Waals surface area contributed by atoms with Crippen LogP contribution in [0.25, 0.3) is 0 Å². The molecule has 0 aromatic heterocycles. The first-order valence-corrected chi connectivity index (χ1v) is 7.69. The molecule has 1 unspecified atom stereocenters. The summed E-state index contributed by atoms with van der Waals surface area (Å²) in [7, 11) is 0. The van der Waals surface area contributed by atoms with E-state index in [-0.39, 0.29) is 0 Å². The highest BCUT2D eigenvalue weighted by Gasteiger charge is 2.21. The van der Waals surface area contributed by atoms with Crippen LogP contribution in [0, 0.1) is 5.92 Å². The minimum atomic E-state index is -0.862. The predicted octanol–water partition coefficient (Wildman–Crippen LogP) is 4.16. The van der Waals surface area contributed by atoms with Gasteiger partial charge in [-0.15, -0.1) is 0 Å². The first-order valence-electron chi connectivity index (χ1n) is 6.90. The van der Waals surface area contributed by atoms with E-state index in [0.717, 1.165) is 37.5 Å². The average molecular weight is 326 g/mol. The SMILES string of the molecule is CCC1CCCN(c2cccc(Br)c2C(=O)O)CC1. The predicted molar refractivity (Wildman–Crippen MR) is 80.9 cm³/mol. The highest BCUT2D eigenvalue weighted by molar-refractivity contribution is 9.10. The van der Waals surface area contributed by atoms with Crippen molar-refractivity contribution in [3.8, 4) is 0 Å². The summed E-state index contributed by atoms with van der Waals surface area (Å²) < 4.78 is 0.661. The second-order valence-corrected chi connectivity index (χ2v) is 5.99. The summed E-state index contributed by atoms with van der Waals surface area (Å²) in [4.78, 5) is 13.7. The molecule has 2 rings (SSSR count). The van der Waals surface area contributed by atoms with Gasteiger partial charge in [0.2, 0.25) is 0 Å². The zero-order valence-electron chi connectivity index (χ0n) is 11.2. The fraction of sp³-hybridized carbons (Fsp3) is 0.533. The van der Waals surface area contributed by atoms with Crippen molar-refractivity contribution in [1.29, 1.82) is 0 Å². The highest BCUT2D eigenvalue weighted by Crippen LogP contribution is 2.31. The number of benzene rings is 1. The monoisotopic (exact) mass is 325 g/mol. The molecule has 1 heterocycles. The van der Waals surface area contributed by atoms with Gasteiger partial charge in [-0.3, -0.25) is 0 Å². The fourth-order valence-corrected chi connectivity index (χ4v) is 3.33. The van der Waals surface area contributed by atoms with Crippen LogP contribution in [0.4, 0.5) is 5.69 Å². The lowest BCUT2D eigenvalue weighted by atomic mass is 9.98. The third-order valence-corrected chi connectivity index (χ3v) is 4.63. The van der Waals surface area contributed by atoms with Gasteiger partial charge >= 0.3 is 5.97 Å². The first kappa shape index (κ1) is 14.4. The molecule has 1 fully saturated rings. The zero-order valence-corrected chi connectivity index (χ0v) is 12.8. The average Bonchev–Trinajstić information content (AvgIpc) is 2.63. The molecule has 1 aliphatic heterocycles. The van der Waals surface area contributed by atoms with Gasteiger partial charge in [-0.25, -0.2) is 4.79 Å². The van der Waals surface area contributed by atoms with Crippen LogP contribution in [0.1, 0.15) is 43.0 Å². The van der Waals surface area contributed by atoms with E-state index in [9.17, 15) is 9.90 Å². The Morgan fingerprint density at radius 3 is 2.89 bits per heavy atom. The van der Waals surface area contributed by atoms with Crippen molar-refractivity contribution in [1.82, 2.24) is 0 Å². The van der Waals surface area contributed by atoms with Crippen LogP contribution >= 0.6 is 15.9 Å². The lowest BCUT2D eigenvalue weighted by molar-refractivity contribution is 0.0696. The van der Waals surface area contributed by atoms with E-state index in [1.165, 1.54) is 12.8 Å². The van der Waals surface area contributed by atoms with E-state index in [4.69, 9.17) is 0 Å². The number of carboxylic acids is 1. The van der Waals surface area contributed by atoms with Crippen LogP contribution in [-0.4, -0.2) is 24.2 Å². The third-order valence-electron chi connectivity index (χ3n) is 3.97. The molecule has 4 heteroatoms. The van der Waals surface area contributed by atoms with E-state index in [2.05, 4.69) is 27.8 Å². The van der Waals surface area contributed by atoms with Gasteiger partial charge in [0.15, 0.2) is 0 Å². The Morgan fingerprint density at radius 2 is 2.21 bits per heavy atom. The Bertz CT molecular complexity index is 461. The lowest BCUT2D eigenvalue weighted by Crippen LogP contribution is -2.26. The molecule has 0 spiro atoms. The summed E-state index contributed by atoms with van der Waals surface area (Å²) in [5.41, 5.74) is 1.23. The maximum Gasteiger partial charge on any atom is 0.338 e. The van der Waals surface area contributed by atoms with E-state index in [1.54, 1.807) is 6.07 Å². The molecule has 1 atom stereocenters. The van der Waals surface area contributed by atoms with Crippen LogP contribution in [0.3, 0.4) is 0 Å². The van der Waals surface area contributed by atoms with Crippen molar-refractivity contribution in [2.75, 3.05) is 18.0 Å². The Morgan fingerprint density at radius 1 is 1.42 bits per heavy atom. The maximum absolute atomic E-state index is 11.4. The van der Waals surface area contributed by atoms with Crippen molar-refractivity contribution in [3.63, 3.8) is 0 Å². The standard InChI is InChI=1S/C15H20BrNO2/c1-2-11-5-4-9-17(10-8-11)13-7-3-6-12(16)14(13)15(18)19/h3,6-7,11H,2,4-5,8-10H2,1H3,(H,18,19). The van der Waals surface area contributed by atoms with Gasteiger partial charge in [-0.05, 0) is 53.2 Å². The smallest absolute Gasteiger partial charge is 0.338 e. The second kappa shape index (κ2) is 6.42. The molecule has 104 valence electrons. The van der Waals surface area contributed by atoms with Crippen LogP contribution in [0.5, 0.6) is 0 Å². The summed E-state index contributed by atoms with van der Waals surface area (Å²) in [5.74, 6) is -0.0794. The minimum Gasteiger partial charge on any atom is -0.478 e. The molecule has 1 aromatic carbocycles. The van der Waals surface area contributed by atoms with E-state index >= 15 is 0 Å². The summed E-state index contributed by atoms with van der Waals surface area (Å²) >= 11 is 3.35. The topological polar surface area (TPSA) is 40.5 Å². The van der Waals surface area contributed by atoms with Gasteiger partial charge in [-0.1, -0.05) is 19.4 Å². The maximum atomic E-state index is 11.4. The zero-order chi connectivity index (χ0) is 13.8. The molecule has 1 aromatic rings. The number of carbonyl (C=O) groups is 1. The van der Waals surface area contributed by atoms with Gasteiger partial charge in [0, 0.05) is 17.6 Å². The fourth-order valence-electron chi connectivity index (χ4n) is 2.80. The molecule has 0 radical (unpaired) electrons. The number of anilines is 1. The van der Waals surface area contributed by atoms with Gasteiger partial charge in [0.25, 0.3) is 0 Å². The van der Waals surface area contributed by atoms with Crippen molar-refractivity contribution < 1.29 is 9.90 Å². The number of hydrogen-bond acceptors (Lipinski definition) is 2. The lowest BCUT2D eigenvalue weighted by Gasteiger charge is -2.25. The van der Waals surface area contributed by atoms with Crippen molar-refractivity contribution in [2.45, 2.75) is 32.6 Å². The van der Waals surface area contributed by atoms with Crippen molar-refractivity contribution >= 4 is 27.6 Å². The van der Waals surface area contributed by atoms with Crippen LogP contribution in [-0.2, 0) is 0 Å². The van der Waals surface area contributed by atoms with E-state index in [1.807, 2.05) is 12.1 Å². The molecule has 0 aliphatic carbocycles. The Kier molecular flexibility index (Phi) is 4.86.